The van der Waals surface area contributed by atoms with Gasteiger partial charge in [-0.1, -0.05) is 41.4 Å². The third kappa shape index (κ3) is 4.72. The number of fused-ring (bicyclic) bond motifs is 1. The highest BCUT2D eigenvalue weighted by Gasteiger charge is 2.16. The van der Waals surface area contributed by atoms with Gasteiger partial charge in [0.25, 0.3) is 11.1 Å². The summed E-state index contributed by atoms with van der Waals surface area (Å²) >= 11 is 12.0. The van der Waals surface area contributed by atoms with Crippen LogP contribution >= 0.6 is 23.2 Å². The smallest absolute Gasteiger partial charge is 0.273 e. The molecule has 0 saturated carbocycles. The minimum Gasteiger partial charge on any atom is -0.336 e. The summed E-state index contributed by atoms with van der Waals surface area (Å²) in [6.07, 6.45) is -0.0786. The van der Waals surface area contributed by atoms with E-state index in [-0.39, 0.29) is 51.9 Å². The van der Waals surface area contributed by atoms with E-state index in [2.05, 4.69) is 10.4 Å². The number of carbonyl (C=O) groups excluding carboxylic acids is 2. The van der Waals surface area contributed by atoms with E-state index in [1.165, 1.54) is 11.9 Å². The Morgan fingerprint density at radius 3 is 2.33 bits per heavy atom. The molecule has 0 bridgehead atoms. The van der Waals surface area contributed by atoms with Gasteiger partial charge in [0.15, 0.2) is 0 Å². The molecule has 30 heavy (non-hydrogen) atoms. The first-order valence-electron chi connectivity index (χ1n) is 8.97. The lowest BCUT2D eigenvalue weighted by Crippen LogP contribution is -2.37. The van der Waals surface area contributed by atoms with Gasteiger partial charge in [0.05, 0.1) is 39.6 Å². The Hall–Kier alpha value is -3.10. The number of benzene rings is 2. The summed E-state index contributed by atoms with van der Waals surface area (Å²) < 4.78 is 1.10. The average molecular weight is 449 g/mol. The van der Waals surface area contributed by atoms with Gasteiger partial charge in [-0.25, -0.2) is 4.68 Å². The number of aromatic amines is 1. The Balaban J connectivity index is 1.63. The van der Waals surface area contributed by atoms with Crippen molar-refractivity contribution in [2.75, 3.05) is 18.9 Å². The number of nitrogens with one attached hydrogen (secondary N) is 2. The number of H-pyrrole nitrogens is 1. The Labute approximate surface area is 181 Å². The van der Waals surface area contributed by atoms with Crippen LogP contribution in [0.4, 0.5) is 5.69 Å². The molecule has 0 atom stereocenters. The van der Waals surface area contributed by atoms with Crippen molar-refractivity contribution in [3.63, 3.8) is 0 Å². The van der Waals surface area contributed by atoms with E-state index in [4.69, 9.17) is 23.2 Å². The SMILES string of the molecule is CN(CC(=O)Nc1c(Cl)cccc1Cl)C(=O)CCn1[nH]c(=O)c2ccccc2c1=O. The highest BCUT2D eigenvalue weighted by atomic mass is 35.5. The van der Waals surface area contributed by atoms with Gasteiger partial charge in [-0.15, -0.1) is 0 Å². The van der Waals surface area contributed by atoms with Crippen molar-refractivity contribution in [1.29, 1.82) is 0 Å². The first-order chi connectivity index (χ1) is 14.3. The average Bonchev–Trinajstić information content (AvgIpc) is 2.72. The van der Waals surface area contributed by atoms with E-state index in [0.29, 0.717) is 0 Å². The number of likely N-dealkylation sites (N-methyl/N-ethyl adjacent to an activating group) is 1. The summed E-state index contributed by atoms with van der Waals surface area (Å²) in [5, 5.41) is 6.17. The van der Waals surface area contributed by atoms with Gasteiger partial charge < -0.3 is 10.2 Å². The number of anilines is 1. The van der Waals surface area contributed by atoms with E-state index in [1.807, 2.05) is 0 Å². The monoisotopic (exact) mass is 448 g/mol. The molecule has 0 unspecified atom stereocenters. The van der Waals surface area contributed by atoms with Crippen LogP contribution < -0.4 is 16.4 Å². The summed E-state index contributed by atoms with van der Waals surface area (Å²) in [7, 11) is 1.46. The number of para-hydroxylation sites is 1. The molecule has 0 aliphatic heterocycles. The first-order valence-corrected chi connectivity index (χ1v) is 9.73. The van der Waals surface area contributed by atoms with Gasteiger partial charge in [0, 0.05) is 13.5 Å². The number of nitrogens with zero attached hydrogens (tertiary/aromatic N) is 2. The predicted octanol–water partition coefficient (Wildman–Crippen LogP) is 2.48. The van der Waals surface area contributed by atoms with E-state index in [9.17, 15) is 19.2 Å². The minimum atomic E-state index is -0.475. The fourth-order valence-corrected chi connectivity index (χ4v) is 3.39. The van der Waals surface area contributed by atoms with Crippen LogP contribution in [0.3, 0.4) is 0 Å². The van der Waals surface area contributed by atoms with Gasteiger partial charge in [-0.2, -0.15) is 0 Å². The number of hydrogen-bond acceptors (Lipinski definition) is 4. The van der Waals surface area contributed by atoms with Crippen molar-refractivity contribution in [3.8, 4) is 0 Å². The molecule has 2 N–H and O–H groups in total. The topological polar surface area (TPSA) is 104 Å². The Bertz CT molecular complexity index is 1220. The molecule has 8 nitrogen and oxygen atoms in total. The zero-order chi connectivity index (χ0) is 21.8. The minimum absolute atomic E-state index is 0.0277. The van der Waals surface area contributed by atoms with Gasteiger partial charge in [0.2, 0.25) is 11.8 Å². The molecule has 1 aromatic heterocycles. The van der Waals surface area contributed by atoms with Gasteiger partial charge in [-0.3, -0.25) is 24.3 Å². The zero-order valence-corrected chi connectivity index (χ0v) is 17.5. The van der Waals surface area contributed by atoms with Crippen molar-refractivity contribution >= 4 is 51.5 Å². The van der Waals surface area contributed by atoms with E-state index < -0.39 is 17.0 Å². The molecule has 2 aromatic carbocycles. The number of aryl methyl sites for hydroxylation is 1. The van der Waals surface area contributed by atoms with Gasteiger partial charge in [0.1, 0.15) is 0 Å². The second kappa shape index (κ2) is 9.15. The molecule has 0 radical (unpaired) electrons. The Morgan fingerprint density at radius 1 is 1.03 bits per heavy atom. The molecule has 3 rings (SSSR count). The van der Waals surface area contributed by atoms with Crippen molar-refractivity contribution in [3.05, 3.63) is 73.2 Å². The third-order valence-corrected chi connectivity index (χ3v) is 5.10. The second-order valence-electron chi connectivity index (χ2n) is 6.59. The number of amides is 2. The van der Waals surface area contributed by atoms with Gasteiger partial charge >= 0.3 is 0 Å². The summed E-state index contributed by atoms with van der Waals surface area (Å²) in [5.74, 6) is -0.853. The number of hydrogen-bond donors (Lipinski definition) is 2. The lowest BCUT2D eigenvalue weighted by molar-refractivity contribution is -0.133. The quantitative estimate of drug-likeness (QED) is 0.604. The molecule has 1 heterocycles. The summed E-state index contributed by atoms with van der Waals surface area (Å²) in [6.45, 7) is -0.260. The third-order valence-electron chi connectivity index (χ3n) is 4.47. The molecule has 3 aromatic rings. The number of carbonyl (C=O) groups is 2. The molecule has 0 fully saturated rings. The standard InChI is InChI=1S/C20H18Cl2N4O4/c1-25(11-16(27)23-18-14(21)7-4-8-15(18)22)17(28)9-10-26-20(30)13-6-3-2-5-12(13)19(29)24-26/h2-8H,9-11H2,1H3,(H,23,27)(H,24,29). The molecule has 10 heteroatoms. The maximum atomic E-state index is 12.5. The van der Waals surface area contributed by atoms with Crippen LogP contribution in [-0.4, -0.2) is 40.1 Å². The van der Waals surface area contributed by atoms with E-state index in [1.54, 1.807) is 42.5 Å². The normalized spacial score (nSPS) is 10.8. The molecular weight excluding hydrogens is 431 g/mol. The highest BCUT2D eigenvalue weighted by molar-refractivity contribution is 6.39. The van der Waals surface area contributed by atoms with Crippen LogP contribution in [0.25, 0.3) is 10.8 Å². The van der Waals surface area contributed by atoms with Crippen LogP contribution in [0.2, 0.25) is 10.0 Å². The zero-order valence-electron chi connectivity index (χ0n) is 15.9. The molecular formula is C20H18Cl2N4O4. The number of aromatic nitrogens is 2. The molecule has 0 spiro atoms. The molecule has 0 aliphatic carbocycles. The maximum Gasteiger partial charge on any atom is 0.273 e. The van der Waals surface area contributed by atoms with Crippen LogP contribution in [0.5, 0.6) is 0 Å². The highest BCUT2D eigenvalue weighted by Crippen LogP contribution is 2.29. The number of halogens is 2. The predicted molar refractivity (Wildman–Crippen MR) is 116 cm³/mol. The largest absolute Gasteiger partial charge is 0.336 e. The lowest BCUT2D eigenvalue weighted by Gasteiger charge is -2.18. The fourth-order valence-electron chi connectivity index (χ4n) is 2.90. The van der Waals surface area contributed by atoms with Crippen molar-refractivity contribution < 1.29 is 9.59 Å². The van der Waals surface area contributed by atoms with Crippen LogP contribution in [0.15, 0.2) is 52.1 Å². The van der Waals surface area contributed by atoms with Crippen molar-refractivity contribution in [2.24, 2.45) is 0 Å². The van der Waals surface area contributed by atoms with Crippen molar-refractivity contribution in [1.82, 2.24) is 14.7 Å². The fraction of sp³-hybridized carbons (Fsp3) is 0.200. The number of rotatable bonds is 6. The summed E-state index contributed by atoms with van der Waals surface area (Å²) in [5.41, 5.74) is -0.541. The first kappa shape index (κ1) is 21.6. The summed E-state index contributed by atoms with van der Waals surface area (Å²) in [4.78, 5) is 50.4. The summed E-state index contributed by atoms with van der Waals surface area (Å²) in [6, 6.07) is 11.3. The van der Waals surface area contributed by atoms with Crippen LogP contribution in [0.1, 0.15) is 6.42 Å². The van der Waals surface area contributed by atoms with E-state index >= 15 is 0 Å². The van der Waals surface area contributed by atoms with Crippen LogP contribution in [-0.2, 0) is 16.1 Å². The lowest BCUT2D eigenvalue weighted by atomic mass is 10.2. The van der Waals surface area contributed by atoms with Crippen LogP contribution in [0, 0.1) is 0 Å². The molecule has 156 valence electrons. The van der Waals surface area contributed by atoms with Gasteiger partial charge in [-0.05, 0) is 24.3 Å². The molecule has 0 aliphatic rings. The molecule has 2 amide bonds. The second-order valence-corrected chi connectivity index (χ2v) is 7.40. The van der Waals surface area contributed by atoms with Crippen molar-refractivity contribution in [2.45, 2.75) is 13.0 Å². The van der Waals surface area contributed by atoms with E-state index in [0.717, 1.165) is 4.68 Å². The Kier molecular flexibility index (Phi) is 6.59. The Morgan fingerprint density at radius 2 is 1.67 bits per heavy atom. The molecule has 0 saturated heterocycles. The maximum absolute atomic E-state index is 12.5.